The summed E-state index contributed by atoms with van der Waals surface area (Å²) in [4.78, 5) is 10.3. The number of nitrogens with zero attached hydrogens (tertiary/aromatic N) is 1. The zero-order chi connectivity index (χ0) is 14.4. The van der Waals surface area contributed by atoms with Crippen LogP contribution in [0.25, 0.3) is 6.08 Å². The summed E-state index contributed by atoms with van der Waals surface area (Å²) in [6.45, 7) is 7.10. The van der Waals surface area contributed by atoms with Crippen LogP contribution >= 0.6 is 11.6 Å². The molecule has 0 aliphatic carbocycles. The van der Waals surface area contributed by atoms with Crippen molar-refractivity contribution in [3.05, 3.63) is 44.5 Å². The Balaban J connectivity index is 2.96. The number of halogens is 1. The van der Waals surface area contributed by atoms with E-state index < -0.39 is 4.92 Å². The molecule has 104 valence electrons. The van der Waals surface area contributed by atoms with Crippen LogP contribution in [0.15, 0.2) is 23.8 Å². The smallest absolute Gasteiger partial charge is 0.270 e. The molecular weight excluding hydrogens is 264 g/mol. The van der Waals surface area contributed by atoms with Gasteiger partial charge in [-0.05, 0) is 38.4 Å². The van der Waals surface area contributed by atoms with Crippen LogP contribution in [0.3, 0.4) is 0 Å². The van der Waals surface area contributed by atoms with E-state index in [2.05, 4.69) is 19.2 Å². The van der Waals surface area contributed by atoms with Crippen molar-refractivity contribution >= 4 is 23.4 Å². The van der Waals surface area contributed by atoms with E-state index in [4.69, 9.17) is 11.6 Å². The summed E-state index contributed by atoms with van der Waals surface area (Å²) in [6, 6.07) is 4.69. The second kappa shape index (κ2) is 7.26. The first-order valence-corrected chi connectivity index (χ1v) is 6.69. The van der Waals surface area contributed by atoms with Crippen molar-refractivity contribution in [1.29, 1.82) is 0 Å². The summed E-state index contributed by atoms with van der Waals surface area (Å²) in [5.41, 5.74) is 1.83. The Morgan fingerprint density at radius 2 is 2.26 bits per heavy atom. The maximum absolute atomic E-state index is 10.8. The van der Waals surface area contributed by atoms with Gasteiger partial charge in [0.05, 0.1) is 4.92 Å². The zero-order valence-electron chi connectivity index (χ0n) is 11.4. The average Bonchev–Trinajstić information content (AvgIpc) is 2.38. The quantitative estimate of drug-likeness (QED) is 0.633. The molecule has 5 heteroatoms. The van der Waals surface area contributed by atoms with Gasteiger partial charge in [0.2, 0.25) is 0 Å². The van der Waals surface area contributed by atoms with Crippen LogP contribution in [0.5, 0.6) is 0 Å². The van der Waals surface area contributed by atoms with Crippen molar-refractivity contribution in [2.75, 3.05) is 6.54 Å². The van der Waals surface area contributed by atoms with Crippen LogP contribution in [0.4, 0.5) is 5.69 Å². The van der Waals surface area contributed by atoms with Gasteiger partial charge in [0.15, 0.2) is 0 Å². The van der Waals surface area contributed by atoms with Gasteiger partial charge in [-0.2, -0.15) is 0 Å². The number of non-ortho nitro benzene ring substituents is 1. The summed E-state index contributed by atoms with van der Waals surface area (Å²) in [5.74, 6) is 0. The zero-order valence-corrected chi connectivity index (χ0v) is 12.2. The molecule has 1 rings (SSSR count). The molecular formula is C14H19ClN2O2. The standard InChI is InChI=1S/C14H19ClN2O2/c1-4-7-16-11(3)10(2)8-12-9-13(17(18)19)5-6-14(12)15/h5-6,8-9,11,16H,4,7H2,1-3H3/b10-8+. The van der Waals surface area contributed by atoms with Crippen molar-refractivity contribution in [1.82, 2.24) is 5.32 Å². The van der Waals surface area contributed by atoms with Crippen LogP contribution in [0.2, 0.25) is 5.02 Å². The summed E-state index contributed by atoms with van der Waals surface area (Å²) in [5, 5.41) is 14.6. The van der Waals surface area contributed by atoms with Crippen molar-refractivity contribution in [2.45, 2.75) is 33.2 Å². The first-order chi connectivity index (χ1) is 8.95. The van der Waals surface area contributed by atoms with Crippen LogP contribution in [-0.4, -0.2) is 17.5 Å². The number of hydrogen-bond donors (Lipinski definition) is 1. The van der Waals surface area contributed by atoms with E-state index in [9.17, 15) is 10.1 Å². The van der Waals surface area contributed by atoms with E-state index in [-0.39, 0.29) is 11.7 Å². The van der Waals surface area contributed by atoms with Gasteiger partial charge in [-0.3, -0.25) is 10.1 Å². The first-order valence-electron chi connectivity index (χ1n) is 6.31. The number of benzene rings is 1. The summed E-state index contributed by atoms with van der Waals surface area (Å²) in [7, 11) is 0. The molecule has 1 aromatic carbocycles. The highest BCUT2D eigenvalue weighted by Crippen LogP contribution is 2.24. The normalized spacial score (nSPS) is 13.4. The third-order valence-corrected chi connectivity index (χ3v) is 3.30. The summed E-state index contributed by atoms with van der Waals surface area (Å²) in [6.07, 6.45) is 2.96. The lowest BCUT2D eigenvalue weighted by molar-refractivity contribution is -0.384. The van der Waals surface area contributed by atoms with Crippen LogP contribution in [0.1, 0.15) is 32.8 Å². The molecule has 1 unspecified atom stereocenters. The topological polar surface area (TPSA) is 55.2 Å². The number of hydrogen-bond acceptors (Lipinski definition) is 3. The molecule has 19 heavy (non-hydrogen) atoms. The number of nitro benzene ring substituents is 1. The minimum atomic E-state index is -0.415. The van der Waals surface area contributed by atoms with Crippen LogP contribution < -0.4 is 5.32 Å². The average molecular weight is 283 g/mol. The van der Waals surface area contributed by atoms with E-state index in [1.165, 1.54) is 12.1 Å². The third kappa shape index (κ3) is 4.65. The molecule has 0 saturated heterocycles. The Morgan fingerprint density at radius 3 is 2.84 bits per heavy atom. The fraction of sp³-hybridized carbons (Fsp3) is 0.429. The Kier molecular flexibility index (Phi) is 5.99. The van der Waals surface area contributed by atoms with Gasteiger partial charge in [-0.1, -0.05) is 30.2 Å². The van der Waals surface area contributed by atoms with Gasteiger partial charge in [0.25, 0.3) is 5.69 Å². The molecule has 0 aromatic heterocycles. The van der Waals surface area contributed by atoms with Gasteiger partial charge >= 0.3 is 0 Å². The van der Waals surface area contributed by atoms with E-state index in [0.29, 0.717) is 10.6 Å². The molecule has 0 amide bonds. The van der Waals surface area contributed by atoms with Crippen molar-refractivity contribution in [3.8, 4) is 0 Å². The minimum absolute atomic E-state index is 0.0534. The molecule has 0 bridgehead atoms. The Labute approximate surface area is 118 Å². The van der Waals surface area contributed by atoms with E-state index in [1.807, 2.05) is 13.0 Å². The molecule has 1 aromatic rings. The Morgan fingerprint density at radius 1 is 1.58 bits per heavy atom. The second-order valence-corrected chi connectivity index (χ2v) is 4.93. The van der Waals surface area contributed by atoms with Gasteiger partial charge in [-0.15, -0.1) is 0 Å². The van der Waals surface area contributed by atoms with Crippen LogP contribution in [0, 0.1) is 10.1 Å². The summed E-state index contributed by atoms with van der Waals surface area (Å²) >= 11 is 6.07. The molecule has 0 radical (unpaired) electrons. The van der Waals surface area contributed by atoms with Crippen molar-refractivity contribution < 1.29 is 4.92 Å². The highest BCUT2D eigenvalue weighted by molar-refractivity contribution is 6.32. The van der Waals surface area contributed by atoms with Crippen molar-refractivity contribution in [2.24, 2.45) is 0 Å². The Hall–Kier alpha value is -1.39. The van der Waals surface area contributed by atoms with Gasteiger partial charge < -0.3 is 5.32 Å². The van der Waals surface area contributed by atoms with Gasteiger partial charge in [0, 0.05) is 23.2 Å². The van der Waals surface area contributed by atoms with E-state index in [1.54, 1.807) is 6.07 Å². The predicted octanol–water partition coefficient (Wildman–Crippen LogP) is 4.04. The first kappa shape index (κ1) is 15.7. The molecule has 1 atom stereocenters. The highest BCUT2D eigenvalue weighted by atomic mass is 35.5. The molecule has 0 fully saturated rings. The van der Waals surface area contributed by atoms with E-state index >= 15 is 0 Å². The monoisotopic (exact) mass is 282 g/mol. The lowest BCUT2D eigenvalue weighted by Gasteiger charge is -2.14. The molecule has 4 nitrogen and oxygen atoms in total. The molecule has 0 aliphatic rings. The largest absolute Gasteiger partial charge is 0.311 e. The maximum atomic E-state index is 10.8. The molecule has 0 spiro atoms. The lowest BCUT2D eigenvalue weighted by Crippen LogP contribution is -2.27. The maximum Gasteiger partial charge on any atom is 0.270 e. The van der Waals surface area contributed by atoms with E-state index in [0.717, 1.165) is 18.5 Å². The molecule has 0 saturated carbocycles. The molecule has 1 N–H and O–H groups in total. The molecule has 0 heterocycles. The van der Waals surface area contributed by atoms with Crippen molar-refractivity contribution in [3.63, 3.8) is 0 Å². The number of nitrogens with one attached hydrogen (secondary N) is 1. The Bertz CT molecular complexity index is 486. The molecule has 0 aliphatic heterocycles. The fourth-order valence-corrected chi connectivity index (χ4v) is 1.82. The lowest BCUT2D eigenvalue weighted by atomic mass is 10.1. The second-order valence-electron chi connectivity index (χ2n) is 4.53. The number of nitro groups is 1. The fourth-order valence-electron chi connectivity index (χ4n) is 1.65. The number of rotatable bonds is 6. The SMILES string of the molecule is CCCNC(C)/C(C)=C/c1cc([N+](=O)[O-])ccc1Cl. The minimum Gasteiger partial charge on any atom is -0.311 e. The van der Waals surface area contributed by atoms with Gasteiger partial charge in [0.1, 0.15) is 0 Å². The summed E-state index contributed by atoms with van der Waals surface area (Å²) < 4.78 is 0. The highest BCUT2D eigenvalue weighted by Gasteiger charge is 2.10. The predicted molar refractivity (Wildman–Crippen MR) is 79.5 cm³/mol. The third-order valence-electron chi connectivity index (χ3n) is 2.96. The van der Waals surface area contributed by atoms with Crippen LogP contribution in [-0.2, 0) is 0 Å². The van der Waals surface area contributed by atoms with Gasteiger partial charge in [-0.25, -0.2) is 0 Å².